The van der Waals surface area contributed by atoms with Crippen molar-refractivity contribution in [1.29, 1.82) is 5.41 Å². The molecule has 2 aromatic carbocycles. The third-order valence-electron chi connectivity index (χ3n) is 6.08. The van der Waals surface area contributed by atoms with Crippen molar-refractivity contribution >= 4 is 17.4 Å². The van der Waals surface area contributed by atoms with Gasteiger partial charge in [0.2, 0.25) is 17.7 Å². The maximum atomic E-state index is 10.4. The molecule has 1 aliphatic carbocycles. The molecule has 4 rings (SSSR count). The average Bonchev–Trinajstić information content (AvgIpc) is 3.34. The van der Waals surface area contributed by atoms with Gasteiger partial charge in [-0.1, -0.05) is 82.8 Å². The summed E-state index contributed by atoms with van der Waals surface area (Å²) in [5.41, 5.74) is 4.96. The van der Waals surface area contributed by atoms with Crippen molar-refractivity contribution < 1.29 is 9.15 Å². The molecule has 0 saturated heterocycles. The van der Waals surface area contributed by atoms with E-state index in [0.717, 1.165) is 17.6 Å². The Labute approximate surface area is 206 Å². The highest BCUT2D eigenvalue weighted by Crippen LogP contribution is 2.32. The quantitative estimate of drug-likeness (QED) is 0.326. The molecule has 6 heteroatoms. The van der Waals surface area contributed by atoms with E-state index in [2.05, 4.69) is 44.5 Å². The fourth-order valence-electron chi connectivity index (χ4n) is 3.90. The standard InChI is InChI=1S/C29H29N4O2/c1-6-19-10-11-23(16-18(19)2)28-33-32-27(35-28)22-9-7-8-21(17-22)26(31)34-25(30)20-12-14-24(15-13-20)29(3,4)5/h6-15,17-18,31H,1,16H2,2-5H3/q-1. The highest BCUT2D eigenvalue weighted by molar-refractivity contribution is 6.07. The molecule has 0 bridgehead atoms. The van der Waals surface area contributed by atoms with Crippen molar-refractivity contribution in [2.75, 3.05) is 0 Å². The molecular formula is C29H29N4O2-. The third kappa shape index (κ3) is 5.38. The van der Waals surface area contributed by atoms with Crippen molar-refractivity contribution in [1.82, 2.24) is 10.2 Å². The summed E-state index contributed by atoms with van der Waals surface area (Å²) in [5, 5.41) is 27.2. The molecule has 0 aliphatic heterocycles. The molecule has 178 valence electrons. The van der Waals surface area contributed by atoms with Crippen molar-refractivity contribution in [3.05, 3.63) is 107 Å². The van der Waals surface area contributed by atoms with E-state index in [1.54, 1.807) is 30.3 Å². The zero-order chi connectivity index (χ0) is 25.2. The predicted octanol–water partition coefficient (Wildman–Crippen LogP) is 6.93. The van der Waals surface area contributed by atoms with Crippen molar-refractivity contribution in [3.63, 3.8) is 0 Å². The van der Waals surface area contributed by atoms with Gasteiger partial charge in [0.25, 0.3) is 0 Å². The van der Waals surface area contributed by atoms with Crippen LogP contribution >= 0.6 is 0 Å². The second-order valence-corrected chi connectivity index (χ2v) is 9.72. The Morgan fingerprint density at radius 2 is 1.80 bits per heavy atom. The van der Waals surface area contributed by atoms with E-state index in [1.807, 2.05) is 36.4 Å². The lowest BCUT2D eigenvalue weighted by atomic mass is 9.87. The van der Waals surface area contributed by atoms with E-state index < -0.39 is 0 Å². The Balaban J connectivity index is 1.48. The Morgan fingerprint density at radius 3 is 2.46 bits per heavy atom. The Kier molecular flexibility index (Phi) is 6.65. The van der Waals surface area contributed by atoms with Crippen molar-refractivity contribution in [2.24, 2.45) is 5.92 Å². The Bertz CT molecular complexity index is 1340. The van der Waals surface area contributed by atoms with E-state index in [1.165, 1.54) is 5.57 Å². The average molecular weight is 466 g/mol. The molecule has 6 nitrogen and oxygen atoms in total. The molecule has 1 atom stereocenters. The van der Waals surface area contributed by atoms with Crippen LogP contribution in [0.15, 0.2) is 83.3 Å². The summed E-state index contributed by atoms with van der Waals surface area (Å²) in [6.45, 7) is 12.4. The van der Waals surface area contributed by atoms with Crippen LogP contribution in [0.4, 0.5) is 0 Å². The minimum absolute atomic E-state index is 0.00771. The number of benzene rings is 2. The maximum absolute atomic E-state index is 10.4. The van der Waals surface area contributed by atoms with Gasteiger partial charge in [0.05, 0.1) is 0 Å². The predicted molar refractivity (Wildman–Crippen MR) is 140 cm³/mol. The molecule has 1 heterocycles. The summed E-state index contributed by atoms with van der Waals surface area (Å²) in [6.07, 6.45) is 6.68. The lowest BCUT2D eigenvalue weighted by Crippen LogP contribution is -2.14. The number of ether oxygens (including phenoxy) is 1. The first kappa shape index (κ1) is 24.1. The Hall–Kier alpha value is -4.06. The summed E-state index contributed by atoms with van der Waals surface area (Å²) in [5.74, 6) is 0.652. The number of hydrogen-bond donors (Lipinski definition) is 1. The van der Waals surface area contributed by atoms with Crippen molar-refractivity contribution in [3.8, 4) is 11.5 Å². The normalized spacial score (nSPS) is 15.7. The zero-order valence-electron chi connectivity index (χ0n) is 20.5. The highest BCUT2D eigenvalue weighted by atomic mass is 16.5. The molecule has 1 aromatic heterocycles. The summed E-state index contributed by atoms with van der Waals surface area (Å²) in [6, 6.07) is 14.5. The molecule has 35 heavy (non-hydrogen) atoms. The van der Waals surface area contributed by atoms with Gasteiger partial charge in [0.15, 0.2) is 0 Å². The second-order valence-electron chi connectivity index (χ2n) is 9.72. The van der Waals surface area contributed by atoms with E-state index in [0.29, 0.717) is 34.4 Å². The van der Waals surface area contributed by atoms with E-state index in [4.69, 9.17) is 14.6 Å². The number of hydrogen-bond acceptors (Lipinski definition) is 5. The fraction of sp³-hybridized carbons (Fsp3) is 0.241. The number of nitrogens with one attached hydrogen (secondary N) is 1. The van der Waals surface area contributed by atoms with E-state index >= 15 is 0 Å². The monoisotopic (exact) mass is 465 g/mol. The van der Waals surface area contributed by atoms with Gasteiger partial charge in [-0.05, 0) is 52.7 Å². The molecule has 0 spiro atoms. The topological polar surface area (TPSA) is 94.3 Å². The van der Waals surface area contributed by atoms with Crippen LogP contribution in [-0.4, -0.2) is 22.0 Å². The van der Waals surface area contributed by atoms with Gasteiger partial charge >= 0.3 is 0 Å². The molecule has 1 aliphatic rings. The molecule has 1 unspecified atom stereocenters. The number of rotatable bonds is 5. The minimum Gasteiger partial charge on any atom is -0.770 e. The fourth-order valence-corrected chi connectivity index (χ4v) is 3.90. The zero-order valence-corrected chi connectivity index (χ0v) is 20.5. The van der Waals surface area contributed by atoms with Gasteiger partial charge in [-0.25, -0.2) is 0 Å². The molecule has 0 radical (unpaired) electrons. The Morgan fingerprint density at radius 1 is 1.09 bits per heavy atom. The molecule has 3 aromatic rings. The maximum Gasteiger partial charge on any atom is 0.248 e. The SMILES string of the molecule is C=CC1=CC=C(c2nnc(-c3cccc(C(=N)OC(=[N-])c4ccc(C(C)(C)C)cc4)c3)o2)CC1C. The molecule has 0 saturated carbocycles. The van der Waals surface area contributed by atoms with Gasteiger partial charge in [-0.2, -0.15) is 0 Å². The first-order chi connectivity index (χ1) is 16.7. The van der Waals surface area contributed by atoms with Gasteiger partial charge in [-0.15, -0.1) is 10.2 Å². The van der Waals surface area contributed by atoms with Gasteiger partial charge in [-0.3, -0.25) is 5.41 Å². The van der Waals surface area contributed by atoms with Gasteiger partial charge < -0.3 is 14.6 Å². The number of aromatic nitrogens is 2. The van der Waals surface area contributed by atoms with Crippen LogP contribution < -0.4 is 0 Å². The van der Waals surface area contributed by atoms with Crippen molar-refractivity contribution in [2.45, 2.75) is 39.5 Å². The van der Waals surface area contributed by atoms with Crippen LogP contribution in [0.1, 0.15) is 56.7 Å². The van der Waals surface area contributed by atoms with Crippen LogP contribution in [0.25, 0.3) is 22.4 Å². The van der Waals surface area contributed by atoms with Crippen LogP contribution in [0, 0.1) is 11.3 Å². The highest BCUT2D eigenvalue weighted by Gasteiger charge is 2.19. The summed E-state index contributed by atoms with van der Waals surface area (Å²) < 4.78 is 11.4. The van der Waals surface area contributed by atoms with Crippen LogP contribution in [0.2, 0.25) is 0 Å². The second kappa shape index (κ2) is 9.66. The van der Waals surface area contributed by atoms with E-state index in [9.17, 15) is 5.41 Å². The molecule has 0 fully saturated rings. The van der Waals surface area contributed by atoms with E-state index in [-0.39, 0.29) is 17.2 Å². The molecular weight excluding hydrogens is 436 g/mol. The lowest BCUT2D eigenvalue weighted by Gasteiger charge is -2.21. The van der Waals surface area contributed by atoms with Gasteiger partial charge in [0, 0.05) is 22.6 Å². The summed E-state index contributed by atoms with van der Waals surface area (Å²) in [4.78, 5) is 0. The first-order valence-electron chi connectivity index (χ1n) is 11.6. The molecule has 0 amide bonds. The van der Waals surface area contributed by atoms with Crippen LogP contribution in [0.5, 0.6) is 0 Å². The third-order valence-corrected chi connectivity index (χ3v) is 6.08. The molecule has 1 N–H and O–H groups in total. The van der Waals surface area contributed by atoms with Crippen LogP contribution in [0.3, 0.4) is 0 Å². The summed E-state index contributed by atoms with van der Waals surface area (Å²) >= 11 is 0. The lowest BCUT2D eigenvalue weighted by molar-refractivity contribution is 0.544. The number of nitrogens with zero attached hydrogens (tertiary/aromatic N) is 3. The minimum atomic E-state index is -0.328. The number of allylic oxidation sites excluding steroid dienone is 5. The van der Waals surface area contributed by atoms with Gasteiger partial charge in [0.1, 0.15) is 0 Å². The largest absolute Gasteiger partial charge is 0.770 e. The first-order valence-corrected chi connectivity index (χ1v) is 11.6. The summed E-state index contributed by atoms with van der Waals surface area (Å²) in [7, 11) is 0. The smallest absolute Gasteiger partial charge is 0.248 e. The van der Waals surface area contributed by atoms with Crippen LogP contribution in [-0.2, 0) is 10.2 Å².